The molecule has 1 fully saturated rings. The van der Waals surface area contributed by atoms with E-state index < -0.39 is 0 Å². The van der Waals surface area contributed by atoms with Gasteiger partial charge in [-0.3, -0.25) is 4.98 Å². The minimum atomic E-state index is 0.429. The summed E-state index contributed by atoms with van der Waals surface area (Å²) in [5, 5.41) is 3.55. The molecule has 0 saturated heterocycles. The SMILES string of the molecule is CNC(c1cncc(C)c1)C1C2CCc3ccccc3C21. The van der Waals surface area contributed by atoms with Crippen molar-refractivity contribution in [2.45, 2.75) is 31.7 Å². The van der Waals surface area contributed by atoms with E-state index in [1.54, 1.807) is 11.1 Å². The number of fused-ring (bicyclic) bond motifs is 3. The van der Waals surface area contributed by atoms with Crippen molar-refractivity contribution in [3.63, 3.8) is 0 Å². The lowest BCUT2D eigenvalue weighted by Gasteiger charge is -2.17. The van der Waals surface area contributed by atoms with Crippen LogP contribution >= 0.6 is 0 Å². The van der Waals surface area contributed by atoms with Crippen LogP contribution in [0.5, 0.6) is 0 Å². The van der Waals surface area contributed by atoms with Crippen LogP contribution in [0.3, 0.4) is 0 Å². The summed E-state index contributed by atoms with van der Waals surface area (Å²) in [6, 6.07) is 11.7. The highest BCUT2D eigenvalue weighted by Gasteiger charge is 2.56. The van der Waals surface area contributed by atoms with E-state index in [9.17, 15) is 0 Å². The molecule has 1 saturated carbocycles. The van der Waals surface area contributed by atoms with Gasteiger partial charge < -0.3 is 5.32 Å². The van der Waals surface area contributed by atoms with Crippen LogP contribution in [0.15, 0.2) is 42.7 Å². The van der Waals surface area contributed by atoms with Gasteiger partial charge in [-0.1, -0.05) is 30.3 Å². The van der Waals surface area contributed by atoms with Crippen LogP contribution in [-0.2, 0) is 6.42 Å². The molecule has 4 rings (SSSR count). The van der Waals surface area contributed by atoms with Gasteiger partial charge in [-0.15, -0.1) is 0 Å². The van der Waals surface area contributed by atoms with Gasteiger partial charge in [0.15, 0.2) is 0 Å². The maximum Gasteiger partial charge on any atom is 0.0370 e. The van der Waals surface area contributed by atoms with E-state index in [0.29, 0.717) is 6.04 Å². The fraction of sp³-hybridized carbons (Fsp3) is 0.421. The predicted molar refractivity (Wildman–Crippen MR) is 85.3 cm³/mol. The first-order chi connectivity index (χ1) is 10.3. The molecule has 0 aliphatic heterocycles. The molecule has 2 heteroatoms. The highest BCUT2D eigenvalue weighted by molar-refractivity contribution is 5.41. The molecule has 0 spiro atoms. The molecular formula is C19H22N2. The molecule has 1 aromatic heterocycles. The molecule has 0 radical (unpaired) electrons. The number of nitrogens with zero attached hydrogens (tertiary/aromatic N) is 1. The Morgan fingerprint density at radius 2 is 2.10 bits per heavy atom. The highest BCUT2D eigenvalue weighted by atomic mass is 14.9. The molecule has 4 atom stereocenters. The molecule has 1 heterocycles. The first-order valence-corrected chi connectivity index (χ1v) is 7.96. The van der Waals surface area contributed by atoms with Gasteiger partial charge in [0.2, 0.25) is 0 Å². The minimum absolute atomic E-state index is 0.429. The van der Waals surface area contributed by atoms with E-state index in [1.807, 2.05) is 12.4 Å². The Labute approximate surface area is 126 Å². The third kappa shape index (κ3) is 2.09. The first kappa shape index (κ1) is 13.0. The average Bonchev–Trinajstić information content (AvgIpc) is 3.23. The zero-order valence-corrected chi connectivity index (χ0v) is 12.7. The summed E-state index contributed by atoms with van der Waals surface area (Å²) in [6.45, 7) is 2.12. The third-order valence-corrected chi connectivity index (χ3v) is 5.34. The normalized spacial score (nSPS) is 27.6. The van der Waals surface area contributed by atoms with Crippen LogP contribution < -0.4 is 5.32 Å². The number of rotatable bonds is 3. The molecule has 0 bridgehead atoms. The number of hydrogen-bond donors (Lipinski definition) is 1. The van der Waals surface area contributed by atoms with E-state index in [2.05, 4.69) is 54.6 Å². The van der Waals surface area contributed by atoms with Crippen molar-refractivity contribution in [2.75, 3.05) is 7.05 Å². The number of nitrogens with one attached hydrogen (secondary N) is 1. The summed E-state index contributed by atoms with van der Waals surface area (Å²) >= 11 is 0. The van der Waals surface area contributed by atoms with E-state index >= 15 is 0 Å². The number of aryl methyl sites for hydroxylation is 2. The van der Waals surface area contributed by atoms with Gasteiger partial charge in [-0.25, -0.2) is 0 Å². The summed E-state index contributed by atoms with van der Waals surface area (Å²) in [4.78, 5) is 4.38. The van der Waals surface area contributed by atoms with Crippen LogP contribution in [0, 0.1) is 18.8 Å². The van der Waals surface area contributed by atoms with Crippen LogP contribution in [-0.4, -0.2) is 12.0 Å². The number of pyridine rings is 1. The van der Waals surface area contributed by atoms with Gasteiger partial charge in [0, 0.05) is 18.4 Å². The van der Waals surface area contributed by atoms with Crippen LogP contribution in [0.1, 0.15) is 40.6 Å². The zero-order valence-electron chi connectivity index (χ0n) is 12.7. The zero-order chi connectivity index (χ0) is 14.4. The number of hydrogen-bond acceptors (Lipinski definition) is 2. The van der Waals surface area contributed by atoms with E-state index in [0.717, 1.165) is 17.8 Å². The van der Waals surface area contributed by atoms with Crippen molar-refractivity contribution in [1.29, 1.82) is 0 Å². The Morgan fingerprint density at radius 1 is 1.24 bits per heavy atom. The van der Waals surface area contributed by atoms with Gasteiger partial charge >= 0.3 is 0 Å². The van der Waals surface area contributed by atoms with Crippen molar-refractivity contribution in [2.24, 2.45) is 11.8 Å². The van der Waals surface area contributed by atoms with Crippen molar-refractivity contribution in [1.82, 2.24) is 10.3 Å². The van der Waals surface area contributed by atoms with Crippen molar-refractivity contribution >= 4 is 0 Å². The average molecular weight is 278 g/mol. The van der Waals surface area contributed by atoms with Crippen molar-refractivity contribution in [3.8, 4) is 0 Å². The van der Waals surface area contributed by atoms with Crippen LogP contribution in [0.25, 0.3) is 0 Å². The molecule has 108 valence electrons. The fourth-order valence-electron chi connectivity index (χ4n) is 4.40. The summed E-state index contributed by atoms with van der Waals surface area (Å²) in [7, 11) is 2.09. The Balaban J connectivity index is 1.66. The molecule has 21 heavy (non-hydrogen) atoms. The summed E-state index contributed by atoms with van der Waals surface area (Å²) in [6.07, 6.45) is 6.55. The van der Waals surface area contributed by atoms with Gasteiger partial charge in [0.1, 0.15) is 0 Å². The summed E-state index contributed by atoms with van der Waals surface area (Å²) < 4.78 is 0. The maximum absolute atomic E-state index is 4.38. The van der Waals surface area contributed by atoms with Crippen molar-refractivity contribution < 1.29 is 0 Å². The Hall–Kier alpha value is -1.67. The molecule has 0 amide bonds. The van der Waals surface area contributed by atoms with Crippen molar-refractivity contribution in [3.05, 3.63) is 65.0 Å². The molecule has 1 N–H and O–H groups in total. The van der Waals surface area contributed by atoms with E-state index in [1.165, 1.54) is 24.0 Å². The standard InChI is InChI=1S/C19H22N2/c1-12-9-14(11-21-10-12)19(20-2)18-16-8-7-13-5-3-4-6-15(13)17(16)18/h3-6,9-11,16-20H,7-8H2,1-2H3. The number of benzene rings is 1. The van der Waals surface area contributed by atoms with Crippen LogP contribution in [0.2, 0.25) is 0 Å². The molecule has 2 aromatic rings. The number of aromatic nitrogens is 1. The quantitative estimate of drug-likeness (QED) is 0.927. The van der Waals surface area contributed by atoms with E-state index in [-0.39, 0.29) is 0 Å². The molecule has 2 aliphatic carbocycles. The summed E-state index contributed by atoms with van der Waals surface area (Å²) in [5.41, 5.74) is 5.75. The second-order valence-corrected chi connectivity index (χ2v) is 6.57. The molecule has 2 nitrogen and oxygen atoms in total. The Bertz CT molecular complexity index is 664. The van der Waals surface area contributed by atoms with Gasteiger partial charge in [-0.05, 0) is 66.8 Å². The summed E-state index contributed by atoms with van der Waals surface area (Å²) in [5.74, 6) is 2.31. The van der Waals surface area contributed by atoms with Gasteiger partial charge in [0.05, 0.1) is 0 Å². The molecular weight excluding hydrogens is 256 g/mol. The lowest BCUT2D eigenvalue weighted by atomic mass is 9.92. The van der Waals surface area contributed by atoms with E-state index in [4.69, 9.17) is 0 Å². The topological polar surface area (TPSA) is 24.9 Å². The predicted octanol–water partition coefficient (Wildman–Crippen LogP) is 3.63. The lowest BCUT2D eigenvalue weighted by molar-refractivity contribution is 0.483. The lowest BCUT2D eigenvalue weighted by Crippen LogP contribution is -2.20. The molecule has 1 aromatic carbocycles. The second-order valence-electron chi connectivity index (χ2n) is 6.57. The fourth-order valence-corrected chi connectivity index (χ4v) is 4.40. The van der Waals surface area contributed by atoms with Gasteiger partial charge in [0.25, 0.3) is 0 Å². The largest absolute Gasteiger partial charge is 0.313 e. The smallest absolute Gasteiger partial charge is 0.0370 e. The van der Waals surface area contributed by atoms with Crippen LogP contribution in [0.4, 0.5) is 0 Å². The van der Waals surface area contributed by atoms with Gasteiger partial charge in [-0.2, -0.15) is 0 Å². The first-order valence-electron chi connectivity index (χ1n) is 7.96. The monoisotopic (exact) mass is 278 g/mol. The molecule has 4 unspecified atom stereocenters. The minimum Gasteiger partial charge on any atom is -0.313 e. The maximum atomic E-state index is 4.38. The Kier molecular flexibility index (Phi) is 3.07. The highest BCUT2D eigenvalue weighted by Crippen LogP contribution is 2.64. The Morgan fingerprint density at radius 3 is 2.90 bits per heavy atom. The molecule has 2 aliphatic rings. The third-order valence-electron chi connectivity index (χ3n) is 5.34. The second kappa shape index (κ2) is 4.96.